The molecule has 75 heavy (non-hydrogen) atoms. The number of carbonyl (C=O) groups is 2. The van der Waals surface area contributed by atoms with E-state index in [0.29, 0.717) is 52.5 Å². The predicted octanol–water partition coefficient (Wildman–Crippen LogP) is 10.3. The number of hydrogen-bond donors (Lipinski definition) is 1. The number of imidazole rings is 1. The van der Waals surface area contributed by atoms with E-state index >= 15 is 4.57 Å². The summed E-state index contributed by atoms with van der Waals surface area (Å²) >= 11 is 0. The first-order chi connectivity index (χ1) is 36.3. The number of nitrogens with one attached hydrogen (secondary N) is 1. The quantitative estimate of drug-likeness (QED) is 0.0531. The van der Waals surface area contributed by atoms with E-state index in [1.807, 2.05) is 113 Å². The minimum absolute atomic E-state index is 0.0418. The van der Waals surface area contributed by atoms with Crippen molar-refractivity contribution in [1.29, 1.82) is 0 Å². The number of benzene rings is 5. The van der Waals surface area contributed by atoms with E-state index in [0.717, 1.165) is 23.1 Å². The maximum atomic E-state index is 16.1. The number of carbonyl (C=O) groups excluding carboxylic acids is 2. The van der Waals surface area contributed by atoms with Crippen molar-refractivity contribution in [2.45, 2.75) is 89.1 Å². The topological polar surface area (TPSA) is 178 Å². The standard InChI is InChI=1S/C57H64N7O10P/c1-38(2)64(39(3)4)75(67,72-34-45-19-14-32-62(45)56(66)41-20-26-46(68-5)27-21-41)74-49-33-51(63-37-60-52-53(58-36-59-54(52)63)61-55(65)40-15-10-8-11-16-40)73-50(49)35-71-57(42-17-12-9-13-18-42,43-22-28-47(69-6)29-23-43)44-24-30-48(70-7)31-25-44/h8-13,15-18,20-31,36-39,45,49-51H,14,19,32-35H2,1-7H3,(H,58,59,61,65)/t45-,49+,50-,51-,75?/m1/s1. The Kier molecular flexibility index (Phi) is 16.4. The monoisotopic (exact) mass is 1040 g/mol. The molecule has 2 aromatic heterocycles. The van der Waals surface area contributed by atoms with Crippen LogP contribution < -0.4 is 19.5 Å². The Morgan fingerprint density at radius 1 is 0.733 bits per heavy atom. The smallest absolute Gasteiger partial charge is 0.409 e. The number of fused-ring (bicyclic) bond motifs is 1. The van der Waals surface area contributed by atoms with Gasteiger partial charge < -0.3 is 33.9 Å². The van der Waals surface area contributed by atoms with Gasteiger partial charge in [-0.15, -0.1) is 0 Å². The van der Waals surface area contributed by atoms with Crippen molar-refractivity contribution in [2.24, 2.45) is 0 Å². The molecule has 0 aliphatic carbocycles. The number of methoxy groups -OCH3 is 3. The summed E-state index contributed by atoms with van der Waals surface area (Å²) in [6.45, 7) is 8.20. The van der Waals surface area contributed by atoms with Crippen molar-refractivity contribution < 1.29 is 46.9 Å². The van der Waals surface area contributed by atoms with Crippen LogP contribution in [0, 0.1) is 0 Å². The fraction of sp³-hybridized carbons (Fsp3) is 0.351. The summed E-state index contributed by atoms with van der Waals surface area (Å²) in [6, 6.07) is 40.3. The van der Waals surface area contributed by atoms with Gasteiger partial charge in [-0.25, -0.2) is 24.2 Å². The van der Waals surface area contributed by atoms with Gasteiger partial charge >= 0.3 is 7.75 Å². The van der Waals surface area contributed by atoms with Crippen LogP contribution in [0.15, 0.2) is 146 Å². The Morgan fingerprint density at radius 3 is 1.89 bits per heavy atom. The van der Waals surface area contributed by atoms with E-state index in [4.69, 9.17) is 37.7 Å². The van der Waals surface area contributed by atoms with E-state index in [1.54, 1.807) is 90.3 Å². The summed E-state index contributed by atoms with van der Waals surface area (Å²) in [7, 11) is 0.565. The van der Waals surface area contributed by atoms with Crippen molar-refractivity contribution in [1.82, 2.24) is 29.1 Å². The van der Waals surface area contributed by atoms with Crippen molar-refractivity contribution in [3.05, 3.63) is 174 Å². The molecule has 392 valence electrons. The largest absolute Gasteiger partial charge is 0.497 e. The predicted molar refractivity (Wildman–Crippen MR) is 284 cm³/mol. The SMILES string of the molecule is COc1ccc(C(=O)N2CCC[C@@H]2COP(=O)(O[C@H]2C[C@H](n3cnc4c(NC(=O)c5ccccc5)ncnc43)O[C@@H]2COC(c2ccccc2)(c2ccc(OC)cc2)c2ccc(OC)cc2)N(C(C)C)C(C)C)cc1. The third-order valence-electron chi connectivity index (χ3n) is 13.8. The fourth-order valence-corrected chi connectivity index (χ4v) is 12.5. The summed E-state index contributed by atoms with van der Waals surface area (Å²) < 4.78 is 64.4. The molecule has 1 unspecified atom stereocenters. The molecule has 0 spiro atoms. The number of amides is 2. The second-order valence-electron chi connectivity index (χ2n) is 19.0. The first-order valence-corrected chi connectivity index (χ1v) is 26.7. The van der Waals surface area contributed by atoms with Crippen LogP contribution in [0.5, 0.6) is 17.2 Å². The zero-order valence-corrected chi connectivity index (χ0v) is 44.2. The van der Waals surface area contributed by atoms with Crippen LogP contribution in [0.25, 0.3) is 11.2 Å². The summed E-state index contributed by atoms with van der Waals surface area (Å²) in [4.78, 5) is 42.8. The minimum Gasteiger partial charge on any atom is -0.497 e. The number of hydrogen-bond acceptors (Lipinski definition) is 13. The molecule has 2 fully saturated rings. The maximum Gasteiger partial charge on any atom is 0.409 e. The van der Waals surface area contributed by atoms with Gasteiger partial charge in [-0.05, 0) is 118 Å². The van der Waals surface area contributed by atoms with Gasteiger partial charge in [-0.3, -0.25) is 23.2 Å². The molecule has 17 nitrogen and oxygen atoms in total. The average molecular weight is 1040 g/mol. The zero-order valence-electron chi connectivity index (χ0n) is 43.3. The van der Waals surface area contributed by atoms with Gasteiger partial charge in [0.1, 0.15) is 47.6 Å². The van der Waals surface area contributed by atoms with Gasteiger partial charge in [0.25, 0.3) is 11.8 Å². The molecule has 0 radical (unpaired) electrons. The van der Waals surface area contributed by atoms with E-state index < -0.39 is 31.8 Å². The normalized spacial score (nSPS) is 18.7. The first-order valence-electron chi connectivity index (χ1n) is 25.2. The molecule has 2 aliphatic rings. The highest BCUT2D eigenvalue weighted by molar-refractivity contribution is 7.51. The van der Waals surface area contributed by atoms with Gasteiger partial charge in [-0.1, -0.05) is 72.8 Å². The summed E-state index contributed by atoms with van der Waals surface area (Å²) in [5, 5.41) is 2.89. The van der Waals surface area contributed by atoms with Crippen LogP contribution in [0.2, 0.25) is 0 Å². The lowest BCUT2D eigenvalue weighted by Gasteiger charge is -2.39. The van der Waals surface area contributed by atoms with Crippen LogP contribution in [0.1, 0.15) is 90.6 Å². The third-order valence-corrected chi connectivity index (χ3v) is 16.3. The van der Waals surface area contributed by atoms with Crippen molar-refractivity contribution >= 4 is 36.5 Å². The number of likely N-dealkylation sites (tertiary alicyclic amines) is 1. The van der Waals surface area contributed by atoms with Crippen LogP contribution >= 0.6 is 7.75 Å². The highest BCUT2D eigenvalue weighted by atomic mass is 31.2. The van der Waals surface area contributed by atoms with Crippen LogP contribution in [0.3, 0.4) is 0 Å². The lowest BCUT2D eigenvalue weighted by molar-refractivity contribution is -0.0926. The summed E-state index contributed by atoms with van der Waals surface area (Å²) in [5.41, 5.74) is 2.91. The molecule has 2 saturated heterocycles. The third kappa shape index (κ3) is 11.2. The van der Waals surface area contributed by atoms with Crippen LogP contribution in [-0.4, -0.2) is 112 Å². The molecular weight excluding hydrogens is 974 g/mol. The van der Waals surface area contributed by atoms with Gasteiger partial charge in [0.2, 0.25) is 0 Å². The van der Waals surface area contributed by atoms with E-state index in [-0.39, 0.29) is 55.4 Å². The van der Waals surface area contributed by atoms with E-state index in [1.165, 1.54) is 6.33 Å². The Balaban J connectivity index is 1.09. The number of ether oxygens (including phenoxy) is 5. The van der Waals surface area contributed by atoms with Crippen molar-refractivity contribution in [3.8, 4) is 17.2 Å². The molecule has 4 heterocycles. The molecule has 18 heteroatoms. The van der Waals surface area contributed by atoms with Crippen molar-refractivity contribution in [3.63, 3.8) is 0 Å². The summed E-state index contributed by atoms with van der Waals surface area (Å²) in [6.07, 6.45) is 1.91. The number of rotatable bonds is 21. The maximum absolute atomic E-state index is 16.1. The number of aromatic nitrogens is 4. The Hall–Kier alpha value is -6.98. The number of nitrogens with zero attached hydrogens (tertiary/aromatic N) is 6. The Morgan fingerprint density at radius 2 is 1.31 bits per heavy atom. The Bertz CT molecular complexity index is 3020. The van der Waals surface area contributed by atoms with Gasteiger partial charge in [0, 0.05) is 36.2 Å². The van der Waals surface area contributed by atoms with E-state index in [2.05, 4.69) is 15.3 Å². The lowest BCUT2D eigenvalue weighted by Crippen LogP contribution is -2.42. The molecule has 5 atom stereocenters. The minimum atomic E-state index is -4.26. The Labute approximate surface area is 437 Å². The van der Waals surface area contributed by atoms with Gasteiger partial charge in [-0.2, -0.15) is 0 Å². The average Bonchev–Trinajstić information content (AvgIpc) is 4.20. The first kappa shape index (κ1) is 52.9. The van der Waals surface area contributed by atoms with Crippen LogP contribution in [0.4, 0.5) is 5.82 Å². The molecule has 5 aromatic carbocycles. The second kappa shape index (κ2) is 23.3. The van der Waals surface area contributed by atoms with Gasteiger partial charge in [0.05, 0.1) is 46.9 Å². The number of anilines is 1. The van der Waals surface area contributed by atoms with E-state index in [9.17, 15) is 9.59 Å². The lowest BCUT2D eigenvalue weighted by atomic mass is 9.80. The molecule has 2 aliphatic heterocycles. The molecule has 2 amide bonds. The zero-order chi connectivity index (χ0) is 52.7. The molecule has 0 bridgehead atoms. The second-order valence-corrected chi connectivity index (χ2v) is 20.9. The fourth-order valence-electron chi connectivity index (χ4n) is 10.2. The van der Waals surface area contributed by atoms with Crippen molar-refractivity contribution in [2.75, 3.05) is 46.4 Å². The molecular formula is C57H64N7O10P. The molecule has 0 saturated carbocycles. The van der Waals surface area contributed by atoms with Gasteiger partial charge in [0.15, 0.2) is 17.0 Å². The molecule has 7 aromatic rings. The summed E-state index contributed by atoms with van der Waals surface area (Å²) in [5.74, 6) is 1.71. The molecule has 1 N–H and O–H groups in total. The highest BCUT2D eigenvalue weighted by Gasteiger charge is 2.49. The molecule has 9 rings (SSSR count). The highest BCUT2D eigenvalue weighted by Crippen LogP contribution is 2.58. The van der Waals surface area contributed by atoms with Crippen LogP contribution in [-0.2, 0) is 28.7 Å².